The Balaban J connectivity index is 0.000000860. The molecule has 0 bridgehead atoms. The summed E-state index contributed by atoms with van der Waals surface area (Å²) in [6, 6.07) is 8.98. The number of carbonyl (C=O) groups excluding carboxylic acids is 2. The van der Waals surface area contributed by atoms with E-state index in [1.54, 1.807) is 37.3 Å². The Hall–Kier alpha value is -2.76. The average molecular weight is 442 g/mol. The van der Waals surface area contributed by atoms with E-state index in [2.05, 4.69) is 10.3 Å². The Kier molecular flexibility index (Phi) is 9.36. The number of hydrogen-bond donors (Lipinski definition) is 1. The van der Waals surface area contributed by atoms with Crippen LogP contribution in [-0.2, 0) is 4.79 Å². The van der Waals surface area contributed by atoms with Crippen molar-refractivity contribution in [2.45, 2.75) is 66.3 Å². The molecule has 1 spiro atoms. The molecular weight excluding hydrogens is 405 g/mol. The van der Waals surface area contributed by atoms with Crippen molar-refractivity contribution in [3.63, 3.8) is 0 Å². The fraction of sp³-hybridized carbons (Fsp3) is 0.500. The topological polar surface area (TPSA) is 62.3 Å². The molecule has 1 aliphatic heterocycles. The van der Waals surface area contributed by atoms with E-state index in [4.69, 9.17) is 0 Å². The van der Waals surface area contributed by atoms with Crippen LogP contribution < -0.4 is 5.32 Å². The second kappa shape index (κ2) is 11.7. The molecule has 1 saturated heterocycles. The minimum absolute atomic E-state index is 0.0419. The zero-order chi connectivity index (χ0) is 23.7. The Bertz CT molecular complexity index is 884. The van der Waals surface area contributed by atoms with Crippen LogP contribution in [0.15, 0.2) is 42.6 Å². The highest BCUT2D eigenvalue weighted by molar-refractivity contribution is 5.97. The second-order valence-electron chi connectivity index (χ2n) is 7.93. The molecule has 1 unspecified atom stereocenters. The maximum absolute atomic E-state index is 13.9. The molecule has 174 valence electrons. The van der Waals surface area contributed by atoms with Gasteiger partial charge in [-0.05, 0) is 62.3 Å². The van der Waals surface area contributed by atoms with Crippen molar-refractivity contribution in [2.24, 2.45) is 5.41 Å². The smallest absolute Gasteiger partial charge is 0.253 e. The van der Waals surface area contributed by atoms with E-state index >= 15 is 0 Å². The van der Waals surface area contributed by atoms with E-state index in [-0.39, 0.29) is 17.6 Å². The normalized spacial score (nSPS) is 16.6. The number of hydrogen-bond acceptors (Lipinski definition) is 3. The van der Waals surface area contributed by atoms with Crippen LogP contribution in [0.3, 0.4) is 0 Å². The van der Waals surface area contributed by atoms with E-state index in [9.17, 15) is 14.0 Å². The summed E-state index contributed by atoms with van der Waals surface area (Å²) >= 11 is 0. The number of carbonyl (C=O) groups is 2. The lowest BCUT2D eigenvalue weighted by molar-refractivity contribution is -0.134. The number of halogens is 1. The molecule has 6 heteroatoms. The predicted molar refractivity (Wildman–Crippen MR) is 127 cm³/mol. The number of piperidine rings is 1. The highest BCUT2D eigenvalue weighted by atomic mass is 19.1. The van der Waals surface area contributed by atoms with Crippen molar-refractivity contribution in [2.75, 3.05) is 13.1 Å². The number of nitrogens with one attached hydrogen (secondary N) is 1. The maximum atomic E-state index is 13.9. The first-order valence-electron chi connectivity index (χ1n) is 11.8. The third kappa shape index (κ3) is 6.15. The minimum atomic E-state index is -0.591. The van der Waals surface area contributed by atoms with Crippen molar-refractivity contribution in [1.82, 2.24) is 15.2 Å². The molecular formula is C26H36FN3O2. The molecule has 0 radical (unpaired) electrons. The van der Waals surface area contributed by atoms with Gasteiger partial charge < -0.3 is 10.2 Å². The van der Waals surface area contributed by atoms with Gasteiger partial charge in [0.1, 0.15) is 11.9 Å². The van der Waals surface area contributed by atoms with Crippen LogP contribution in [0, 0.1) is 11.2 Å². The van der Waals surface area contributed by atoms with Crippen LogP contribution >= 0.6 is 0 Å². The average Bonchev–Trinajstić information content (AvgIpc) is 3.60. The molecule has 1 aromatic carbocycles. The number of benzene rings is 1. The Labute approximate surface area is 191 Å². The van der Waals surface area contributed by atoms with Gasteiger partial charge in [-0.3, -0.25) is 14.6 Å². The molecule has 4 rings (SSSR count). The minimum Gasteiger partial charge on any atom is -0.341 e. The molecule has 1 N–H and O–H groups in total. The summed E-state index contributed by atoms with van der Waals surface area (Å²) in [5.41, 5.74) is 1.70. The molecule has 1 aromatic heterocycles. The molecule has 32 heavy (non-hydrogen) atoms. The molecule has 1 aliphatic carbocycles. The SMILES string of the molecule is CC.CC.CC(NC(=O)c1ccc(-c2ccccc2F)nc1)C(=O)N1CCC2(CC1)CC2. The number of rotatable bonds is 4. The molecule has 2 aliphatic rings. The number of aromatic nitrogens is 1. The Morgan fingerprint density at radius 3 is 2.16 bits per heavy atom. The second-order valence-corrected chi connectivity index (χ2v) is 7.93. The molecule has 2 heterocycles. The van der Waals surface area contributed by atoms with Crippen LogP contribution in [0.2, 0.25) is 0 Å². The van der Waals surface area contributed by atoms with Gasteiger partial charge in [-0.25, -0.2) is 4.39 Å². The third-order valence-electron chi connectivity index (χ3n) is 5.99. The highest BCUT2D eigenvalue weighted by Crippen LogP contribution is 2.53. The van der Waals surface area contributed by atoms with Crippen molar-refractivity contribution >= 4 is 11.8 Å². The zero-order valence-electron chi connectivity index (χ0n) is 20.0. The number of likely N-dealkylation sites (tertiary alicyclic amines) is 1. The first-order valence-corrected chi connectivity index (χ1v) is 11.8. The van der Waals surface area contributed by atoms with Crippen LogP contribution in [0.4, 0.5) is 4.39 Å². The van der Waals surface area contributed by atoms with Crippen LogP contribution in [0.1, 0.15) is 70.7 Å². The summed E-state index contributed by atoms with van der Waals surface area (Å²) in [4.78, 5) is 31.2. The quantitative estimate of drug-likeness (QED) is 0.685. The number of pyridine rings is 1. The van der Waals surface area contributed by atoms with Crippen LogP contribution in [0.25, 0.3) is 11.3 Å². The van der Waals surface area contributed by atoms with Gasteiger partial charge in [0.25, 0.3) is 5.91 Å². The molecule has 2 aromatic rings. The molecule has 1 atom stereocenters. The monoisotopic (exact) mass is 441 g/mol. The fourth-order valence-electron chi connectivity index (χ4n) is 3.85. The Morgan fingerprint density at radius 2 is 1.62 bits per heavy atom. The summed E-state index contributed by atoms with van der Waals surface area (Å²) in [7, 11) is 0. The van der Waals surface area contributed by atoms with Gasteiger partial charge in [-0.15, -0.1) is 0 Å². The van der Waals surface area contributed by atoms with Gasteiger partial charge in [0, 0.05) is 24.8 Å². The molecule has 2 amide bonds. The summed E-state index contributed by atoms with van der Waals surface area (Å²) in [5.74, 6) is -0.759. The van der Waals surface area contributed by atoms with E-state index in [1.807, 2.05) is 32.6 Å². The lowest BCUT2D eigenvalue weighted by Gasteiger charge is -2.33. The van der Waals surface area contributed by atoms with E-state index in [0.717, 1.165) is 25.9 Å². The van der Waals surface area contributed by atoms with Gasteiger partial charge in [-0.1, -0.05) is 39.8 Å². The highest BCUT2D eigenvalue weighted by Gasteiger charge is 2.45. The number of amides is 2. The lowest BCUT2D eigenvalue weighted by atomic mass is 9.93. The summed E-state index contributed by atoms with van der Waals surface area (Å²) in [5, 5.41) is 2.76. The van der Waals surface area contributed by atoms with E-state index in [0.29, 0.717) is 22.2 Å². The van der Waals surface area contributed by atoms with Crippen molar-refractivity contribution in [3.8, 4) is 11.3 Å². The van der Waals surface area contributed by atoms with Crippen molar-refractivity contribution < 1.29 is 14.0 Å². The first-order chi connectivity index (χ1) is 15.5. The van der Waals surface area contributed by atoms with Gasteiger partial charge in [-0.2, -0.15) is 0 Å². The lowest BCUT2D eigenvalue weighted by Crippen LogP contribution is -2.49. The van der Waals surface area contributed by atoms with Crippen LogP contribution in [0.5, 0.6) is 0 Å². The molecule has 5 nitrogen and oxygen atoms in total. The van der Waals surface area contributed by atoms with E-state index in [1.165, 1.54) is 25.1 Å². The predicted octanol–water partition coefficient (Wildman–Crippen LogP) is 5.46. The number of nitrogens with zero attached hydrogens (tertiary/aromatic N) is 2. The van der Waals surface area contributed by atoms with Gasteiger partial charge in [0.05, 0.1) is 11.3 Å². The van der Waals surface area contributed by atoms with Gasteiger partial charge in [0.2, 0.25) is 5.91 Å². The summed E-state index contributed by atoms with van der Waals surface area (Å²) < 4.78 is 13.9. The molecule has 2 fully saturated rings. The summed E-state index contributed by atoms with van der Waals surface area (Å²) in [6.07, 6.45) is 6.13. The molecule has 1 saturated carbocycles. The standard InChI is InChI=1S/C22H24FN3O2.2C2H6/c1-15(21(28)26-12-10-22(8-9-22)11-13-26)25-20(27)16-6-7-19(24-14-16)17-4-2-3-5-18(17)23;2*1-2/h2-7,14-15H,8-13H2,1H3,(H,25,27);2*1-2H3. The van der Waals surface area contributed by atoms with Gasteiger partial charge >= 0.3 is 0 Å². The van der Waals surface area contributed by atoms with E-state index < -0.39 is 6.04 Å². The zero-order valence-corrected chi connectivity index (χ0v) is 20.0. The largest absolute Gasteiger partial charge is 0.341 e. The van der Waals surface area contributed by atoms with Crippen LogP contribution in [-0.4, -0.2) is 40.8 Å². The van der Waals surface area contributed by atoms with Gasteiger partial charge in [0.15, 0.2) is 0 Å². The maximum Gasteiger partial charge on any atom is 0.253 e. The first kappa shape index (κ1) is 25.5. The fourth-order valence-corrected chi connectivity index (χ4v) is 3.85. The van der Waals surface area contributed by atoms with Crippen molar-refractivity contribution in [1.29, 1.82) is 0 Å². The summed E-state index contributed by atoms with van der Waals surface area (Å²) in [6.45, 7) is 11.3. The Morgan fingerprint density at radius 1 is 1.00 bits per heavy atom. The van der Waals surface area contributed by atoms with Crippen molar-refractivity contribution in [3.05, 3.63) is 54.0 Å². The third-order valence-corrected chi connectivity index (χ3v) is 5.99.